The number of rotatable bonds is 7. The number of piperidine rings is 1. The van der Waals surface area contributed by atoms with Crippen molar-refractivity contribution in [2.45, 2.75) is 46.1 Å². The molecule has 5 heteroatoms. The van der Waals surface area contributed by atoms with Crippen LogP contribution in [0.25, 0.3) is 0 Å². The molecule has 0 bridgehead atoms. The fourth-order valence-electron chi connectivity index (χ4n) is 3.09. The van der Waals surface area contributed by atoms with Crippen molar-refractivity contribution in [3.05, 3.63) is 24.3 Å². The van der Waals surface area contributed by atoms with Crippen molar-refractivity contribution in [3.8, 4) is 5.75 Å². The number of nitrogens with zero attached hydrogens (tertiary/aromatic N) is 1. The molecule has 1 atom stereocenters. The smallest absolute Gasteiger partial charge is 0.170 e. The van der Waals surface area contributed by atoms with Crippen LogP contribution in [-0.2, 0) is 0 Å². The van der Waals surface area contributed by atoms with E-state index in [0.717, 1.165) is 36.9 Å². The maximum Gasteiger partial charge on any atom is 0.170 e. The van der Waals surface area contributed by atoms with Gasteiger partial charge in [0.05, 0.1) is 6.10 Å². The third-order valence-corrected chi connectivity index (χ3v) is 4.39. The molecular weight excluding hydrogens is 318 g/mol. The molecule has 4 nitrogen and oxygen atoms in total. The summed E-state index contributed by atoms with van der Waals surface area (Å²) in [4.78, 5) is 2.57. The van der Waals surface area contributed by atoms with E-state index in [-0.39, 0.29) is 6.10 Å². The van der Waals surface area contributed by atoms with Crippen LogP contribution in [0, 0.1) is 5.92 Å². The van der Waals surface area contributed by atoms with Crippen LogP contribution in [0.1, 0.15) is 40.0 Å². The van der Waals surface area contributed by atoms with Gasteiger partial charge in [0.25, 0.3) is 0 Å². The van der Waals surface area contributed by atoms with Crippen molar-refractivity contribution in [2.75, 3.05) is 31.5 Å². The summed E-state index contributed by atoms with van der Waals surface area (Å²) in [6.45, 7) is 10.9. The van der Waals surface area contributed by atoms with Gasteiger partial charge in [0.2, 0.25) is 0 Å². The topological polar surface area (TPSA) is 36.5 Å². The molecule has 1 aliphatic rings. The molecule has 1 aliphatic heterocycles. The Kier molecular flexibility index (Phi) is 7.79. The van der Waals surface area contributed by atoms with Gasteiger partial charge in [-0.15, -0.1) is 0 Å². The maximum absolute atomic E-state index is 5.70. The molecule has 0 amide bonds. The second-order valence-corrected chi connectivity index (χ2v) is 7.39. The minimum Gasteiger partial charge on any atom is -0.491 e. The van der Waals surface area contributed by atoms with Gasteiger partial charge in [-0.05, 0) is 76.5 Å². The van der Waals surface area contributed by atoms with E-state index in [1.54, 1.807) is 0 Å². The number of ether oxygens (including phenoxy) is 1. The maximum atomic E-state index is 5.70. The first-order valence-electron chi connectivity index (χ1n) is 9.07. The van der Waals surface area contributed by atoms with E-state index in [4.69, 9.17) is 17.0 Å². The van der Waals surface area contributed by atoms with Gasteiger partial charge in [0.15, 0.2) is 5.11 Å². The molecule has 134 valence electrons. The molecule has 0 radical (unpaired) electrons. The molecule has 0 spiro atoms. The van der Waals surface area contributed by atoms with Gasteiger partial charge in [-0.25, -0.2) is 0 Å². The van der Waals surface area contributed by atoms with Crippen LogP contribution in [0.4, 0.5) is 5.69 Å². The van der Waals surface area contributed by atoms with Crippen LogP contribution >= 0.6 is 12.2 Å². The van der Waals surface area contributed by atoms with Gasteiger partial charge in [-0.1, -0.05) is 13.0 Å². The predicted molar refractivity (Wildman–Crippen MR) is 106 cm³/mol. The fraction of sp³-hybridized carbons (Fsp3) is 0.632. The van der Waals surface area contributed by atoms with E-state index in [2.05, 4.69) is 22.5 Å². The number of hydrogen-bond acceptors (Lipinski definition) is 3. The Hall–Kier alpha value is -1.33. The summed E-state index contributed by atoms with van der Waals surface area (Å²) in [6.07, 6.45) is 4.00. The predicted octanol–water partition coefficient (Wildman–Crippen LogP) is 3.88. The monoisotopic (exact) mass is 349 g/mol. The van der Waals surface area contributed by atoms with Crippen molar-refractivity contribution >= 4 is 23.0 Å². The zero-order valence-corrected chi connectivity index (χ0v) is 16.0. The van der Waals surface area contributed by atoms with E-state index in [1.165, 1.54) is 25.9 Å². The lowest BCUT2D eigenvalue weighted by Gasteiger charge is -2.30. The second kappa shape index (κ2) is 9.84. The van der Waals surface area contributed by atoms with E-state index >= 15 is 0 Å². The van der Waals surface area contributed by atoms with Gasteiger partial charge in [0, 0.05) is 24.8 Å². The summed E-state index contributed by atoms with van der Waals surface area (Å²) in [7, 11) is 0. The molecule has 2 rings (SSSR count). The molecule has 0 aromatic heterocycles. The van der Waals surface area contributed by atoms with Gasteiger partial charge < -0.3 is 20.3 Å². The van der Waals surface area contributed by atoms with E-state index < -0.39 is 0 Å². The molecule has 0 aliphatic carbocycles. The molecule has 2 N–H and O–H groups in total. The molecule has 1 fully saturated rings. The first-order chi connectivity index (χ1) is 11.5. The Morgan fingerprint density at radius 3 is 3.00 bits per heavy atom. The Balaban J connectivity index is 1.66. The largest absolute Gasteiger partial charge is 0.491 e. The molecule has 24 heavy (non-hydrogen) atoms. The number of hydrogen-bond donors (Lipinski definition) is 2. The molecule has 1 aromatic carbocycles. The molecule has 1 heterocycles. The highest BCUT2D eigenvalue weighted by molar-refractivity contribution is 7.80. The summed E-state index contributed by atoms with van der Waals surface area (Å²) in [6, 6.07) is 7.90. The average molecular weight is 350 g/mol. The number of nitrogens with one attached hydrogen (secondary N) is 2. The molecule has 1 aromatic rings. The van der Waals surface area contributed by atoms with Crippen LogP contribution in [-0.4, -0.2) is 42.3 Å². The summed E-state index contributed by atoms with van der Waals surface area (Å²) in [5.41, 5.74) is 0.954. The highest BCUT2D eigenvalue weighted by Crippen LogP contribution is 2.18. The first-order valence-corrected chi connectivity index (χ1v) is 9.47. The van der Waals surface area contributed by atoms with Crippen molar-refractivity contribution in [3.63, 3.8) is 0 Å². The Bertz CT molecular complexity index is 521. The quantitative estimate of drug-likeness (QED) is 0.577. The number of likely N-dealkylation sites (tertiary alicyclic amines) is 1. The van der Waals surface area contributed by atoms with E-state index in [1.807, 2.05) is 38.1 Å². The van der Waals surface area contributed by atoms with Crippen LogP contribution in [0.15, 0.2) is 24.3 Å². The molecular formula is C19H31N3OS. The van der Waals surface area contributed by atoms with E-state index in [9.17, 15) is 0 Å². The van der Waals surface area contributed by atoms with E-state index in [0.29, 0.717) is 5.11 Å². The van der Waals surface area contributed by atoms with Crippen LogP contribution in [0.3, 0.4) is 0 Å². The normalized spacial score (nSPS) is 18.4. The fourth-order valence-corrected chi connectivity index (χ4v) is 3.31. The van der Waals surface area contributed by atoms with Gasteiger partial charge in [-0.3, -0.25) is 0 Å². The van der Waals surface area contributed by atoms with Gasteiger partial charge in [-0.2, -0.15) is 0 Å². The van der Waals surface area contributed by atoms with Crippen LogP contribution < -0.4 is 15.4 Å². The standard InChI is InChI=1S/C19H31N3OS/c1-15(2)23-18-9-4-8-17(13-18)21-19(24)20-10-6-12-22-11-5-7-16(3)14-22/h4,8-9,13,15-16H,5-7,10-12,14H2,1-3H3,(H2,20,21,24)/t16-/m1/s1. The Morgan fingerprint density at radius 2 is 2.25 bits per heavy atom. The van der Waals surface area contributed by atoms with Crippen LogP contribution in [0.2, 0.25) is 0 Å². The lowest BCUT2D eigenvalue weighted by atomic mass is 10.0. The molecule has 0 saturated carbocycles. The van der Waals surface area contributed by atoms with Crippen molar-refractivity contribution in [2.24, 2.45) is 5.92 Å². The first kappa shape index (κ1) is 19.0. The second-order valence-electron chi connectivity index (χ2n) is 6.98. The highest BCUT2D eigenvalue weighted by Gasteiger charge is 2.15. The lowest BCUT2D eigenvalue weighted by Crippen LogP contribution is -2.37. The minimum absolute atomic E-state index is 0.169. The van der Waals surface area contributed by atoms with Gasteiger partial charge in [0.1, 0.15) is 5.75 Å². The third-order valence-electron chi connectivity index (χ3n) is 4.14. The van der Waals surface area contributed by atoms with Crippen LogP contribution in [0.5, 0.6) is 5.75 Å². The number of thiocarbonyl (C=S) groups is 1. The zero-order chi connectivity index (χ0) is 17.4. The van der Waals surface area contributed by atoms with Crippen molar-refractivity contribution in [1.29, 1.82) is 0 Å². The summed E-state index contributed by atoms with van der Waals surface area (Å²) < 4.78 is 5.70. The Labute approximate surface area is 152 Å². The molecule has 1 saturated heterocycles. The molecule has 0 unspecified atom stereocenters. The minimum atomic E-state index is 0.169. The van der Waals surface area contributed by atoms with Gasteiger partial charge >= 0.3 is 0 Å². The van der Waals surface area contributed by atoms with Crippen molar-refractivity contribution in [1.82, 2.24) is 10.2 Å². The summed E-state index contributed by atoms with van der Waals surface area (Å²) in [5, 5.41) is 7.19. The Morgan fingerprint density at radius 1 is 1.42 bits per heavy atom. The number of benzene rings is 1. The lowest BCUT2D eigenvalue weighted by molar-refractivity contribution is 0.182. The third kappa shape index (κ3) is 7.05. The highest BCUT2D eigenvalue weighted by atomic mass is 32.1. The summed E-state index contributed by atoms with van der Waals surface area (Å²) in [5.74, 6) is 1.70. The zero-order valence-electron chi connectivity index (χ0n) is 15.2. The summed E-state index contributed by atoms with van der Waals surface area (Å²) >= 11 is 5.38. The average Bonchev–Trinajstić information content (AvgIpc) is 2.51. The SMILES string of the molecule is CC(C)Oc1cccc(NC(=S)NCCCN2CCC[C@@H](C)C2)c1. The number of anilines is 1. The van der Waals surface area contributed by atoms with Crippen molar-refractivity contribution < 1.29 is 4.74 Å².